The molecule has 5 nitrogen and oxygen atoms in total. The molecule has 0 N–H and O–H groups in total. The van der Waals surface area contributed by atoms with E-state index < -0.39 is 0 Å². The molecule has 0 spiro atoms. The number of carbonyl (C=O) groups is 1. The van der Waals surface area contributed by atoms with Gasteiger partial charge in [0, 0.05) is 29.2 Å². The zero-order chi connectivity index (χ0) is 22.5. The van der Waals surface area contributed by atoms with Crippen molar-refractivity contribution in [3.05, 3.63) is 64.7 Å². The van der Waals surface area contributed by atoms with Gasteiger partial charge in [-0.1, -0.05) is 37.1 Å². The van der Waals surface area contributed by atoms with Gasteiger partial charge >= 0.3 is 0 Å². The van der Waals surface area contributed by atoms with E-state index in [1.165, 1.54) is 10.4 Å². The summed E-state index contributed by atoms with van der Waals surface area (Å²) in [5, 5.41) is 1.02. The minimum absolute atomic E-state index is 0.0320. The summed E-state index contributed by atoms with van der Waals surface area (Å²) in [7, 11) is 3.38. The monoisotopic (exact) mass is 450 g/mol. The molecule has 32 heavy (non-hydrogen) atoms. The molecule has 1 aromatic heterocycles. The second kappa shape index (κ2) is 10.3. The van der Waals surface area contributed by atoms with Crippen LogP contribution >= 0.6 is 11.3 Å². The Labute approximate surface area is 194 Å². The minimum Gasteiger partial charge on any atom is -0.496 e. The van der Waals surface area contributed by atoms with Gasteiger partial charge in [-0.25, -0.2) is 4.98 Å². The van der Waals surface area contributed by atoms with Gasteiger partial charge in [-0.2, -0.15) is 0 Å². The smallest absolute Gasteiger partial charge is 0.137 e. The Morgan fingerprint density at radius 1 is 1.09 bits per heavy atom. The molecule has 168 valence electrons. The van der Waals surface area contributed by atoms with E-state index in [4.69, 9.17) is 9.47 Å². The van der Waals surface area contributed by atoms with Crippen LogP contribution in [-0.2, 0) is 11.3 Å². The molecular formula is C26H30N2O3S. The van der Waals surface area contributed by atoms with Gasteiger partial charge in [-0.3, -0.25) is 4.90 Å². The van der Waals surface area contributed by atoms with Gasteiger partial charge < -0.3 is 14.3 Å². The summed E-state index contributed by atoms with van der Waals surface area (Å²) in [6.45, 7) is 2.75. The lowest BCUT2D eigenvalue weighted by Gasteiger charge is -2.35. The Bertz CT molecular complexity index is 1040. The zero-order valence-electron chi connectivity index (χ0n) is 18.9. The largest absolute Gasteiger partial charge is 0.496 e. The predicted molar refractivity (Wildman–Crippen MR) is 128 cm³/mol. The number of benzene rings is 2. The Hall–Kier alpha value is -2.70. The quantitative estimate of drug-likeness (QED) is 0.425. The van der Waals surface area contributed by atoms with Gasteiger partial charge in [0.25, 0.3) is 0 Å². The molecule has 3 aromatic rings. The van der Waals surface area contributed by atoms with Crippen LogP contribution < -0.4 is 9.47 Å². The topological polar surface area (TPSA) is 51.7 Å². The van der Waals surface area contributed by atoms with E-state index in [1.54, 1.807) is 25.6 Å². The number of aldehydes is 1. The van der Waals surface area contributed by atoms with E-state index in [2.05, 4.69) is 41.1 Å². The first kappa shape index (κ1) is 22.5. The van der Waals surface area contributed by atoms with Crippen molar-refractivity contribution < 1.29 is 14.3 Å². The SMILES string of the molecule is COc1cccc(OC)c1C1CCCCC(C=O)N1Cc1cccc(-c2ncc(C)s2)c1. The molecule has 2 aromatic carbocycles. The van der Waals surface area contributed by atoms with Crippen LogP contribution in [0.2, 0.25) is 0 Å². The Morgan fingerprint density at radius 3 is 2.47 bits per heavy atom. The maximum Gasteiger partial charge on any atom is 0.137 e. The summed E-state index contributed by atoms with van der Waals surface area (Å²) in [6.07, 6.45) is 6.93. The lowest BCUT2D eigenvalue weighted by Crippen LogP contribution is -2.38. The molecule has 0 bridgehead atoms. The van der Waals surface area contributed by atoms with Crippen molar-refractivity contribution in [1.29, 1.82) is 0 Å². The number of aryl methyl sites for hydroxylation is 1. The molecule has 6 heteroatoms. The molecular weight excluding hydrogens is 420 g/mol. The van der Waals surface area contributed by atoms with Crippen LogP contribution in [0.25, 0.3) is 10.6 Å². The average molecular weight is 451 g/mol. The van der Waals surface area contributed by atoms with E-state index in [9.17, 15) is 4.79 Å². The number of rotatable bonds is 7. The Balaban J connectivity index is 1.73. The maximum absolute atomic E-state index is 12.2. The lowest BCUT2D eigenvalue weighted by molar-refractivity contribution is -0.113. The second-order valence-corrected chi connectivity index (χ2v) is 9.46. The number of aromatic nitrogens is 1. The number of hydrogen-bond donors (Lipinski definition) is 0. The van der Waals surface area contributed by atoms with E-state index in [1.807, 2.05) is 24.4 Å². The number of likely N-dealkylation sites (tertiary alicyclic amines) is 1. The van der Waals surface area contributed by atoms with Gasteiger partial charge in [0.2, 0.25) is 0 Å². The van der Waals surface area contributed by atoms with E-state index >= 15 is 0 Å². The Morgan fingerprint density at radius 2 is 1.81 bits per heavy atom. The van der Waals surface area contributed by atoms with Gasteiger partial charge in [0.05, 0.1) is 25.8 Å². The predicted octanol–water partition coefficient (Wildman–Crippen LogP) is 5.82. The zero-order valence-corrected chi connectivity index (χ0v) is 19.7. The van der Waals surface area contributed by atoms with Crippen molar-refractivity contribution >= 4 is 17.6 Å². The molecule has 2 unspecified atom stereocenters. The van der Waals surface area contributed by atoms with Crippen LogP contribution in [0.3, 0.4) is 0 Å². The van der Waals surface area contributed by atoms with E-state index in [0.717, 1.165) is 59.6 Å². The van der Waals surface area contributed by atoms with Crippen LogP contribution in [0.15, 0.2) is 48.7 Å². The van der Waals surface area contributed by atoms with E-state index in [-0.39, 0.29) is 12.1 Å². The fraction of sp³-hybridized carbons (Fsp3) is 0.385. The second-order valence-electron chi connectivity index (χ2n) is 8.23. The summed E-state index contributed by atoms with van der Waals surface area (Å²) in [4.78, 5) is 20.2. The van der Waals surface area contributed by atoms with Crippen LogP contribution in [0.5, 0.6) is 11.5 Å². The van der Waals surface area contributed by atoms with Crippen molar-refractivity contribution in [3.8, 4) is 22.1 Å². The number of hydrogen-bond acceptors (Lipinski definition) is 6. The lowest BCUT2D eigenvalue weighted by atomic mass is 9.97. The molecule has 2 heterocycles. The summed E-state index contributed by atoms with van der Waals surface area (Å²) in [5.41, 5.74) is 3.31. The average Bonchev–Trinajstić information content (AvgIpc) is 3.16. The first-order chi connectivity index (χ1) is 15.6. The van der Waals surface area contributed by atoms with Gasteiger partial charge in [0.1, 0.15) is 22.8 Å². The minimum atomic E-state index is -0.150. The molecule has 1 aliphatic rings. The summed E-state index contributed by atoms with van der Waals surface area (Å²) < 4.78 is 11.5. The highest BCUT2D eigenvalue weighted by molar-refractivity contribution is 7.14. The number of carbonyl (C=O) groups excluding carboxylic acids is 1. The van der Waals surface area contributed by atoms with E-state index in [0.29, 0.717) is 6.54 Å². The van der Waals surface area contributed by atoms with Crippen LogP contribution in [0.1, 0.15) is 47.7 Å². The molecule has 0 saturated carbocycles. The van der Waals surface area contributed by atoms with Crippen LogP contribution in [0, 0.1) is 6.92 Å². The highest BCUT2D eigenvalue weighted by atomic mass is 32.1. The number of nitrogens with zero attached hydrogens (tertiary/aromatic N) is 2. The third-order valence-electron chi connectivity index (χ3n) is 6.17. The molecule has 0 aliphatic carbocycles. The molecule has 2 atom stereocenters. The maximum atomic E-state index is 12.2. The van der Waals surface area contributed by atoms with Gasteiger partial charge in [-0.15, -0.1) is 11.3 Å². The van der Waals surface area contributed by atoms with Gasteiger partial charge in [0.15, 0.2) is 0 Å². The third kappa shape index (κ3) is 4.71. The van der Waals surface area contributed by atoms with Crippen molar-refractivity contribution in [2.24, 2.45) is 0 Å². The normalized spacial score (nSPS) is 19.3. The highest BCUT2D eigenvalue weighted by Gasteiger charge is 2.33. The Kier molecular flexibility index (Phi) is 7.22. The van der Waals surface area contributed by atoms with Crippen molar-refractivity contribution in [2.45, 2.75) is 51.2 Å². The summed E-state index contributed by atoms with van der Waals surface area (Å²) in [6, 6.07) is 14.3. The number of ether oxygens (including phenoxy) is 2. The number of methoxy groups -OCH3 is 2. The summed E-state index contributed by atoms with van der Waals surface area (Å²) in [5.74, 6) is 1.61. The third-order valence-corrected chi connectivity index (χ3v) is 7.13. The molecule has 4 rings (SSSR count). The standard InChI is InChI=1S/C26H30N2O3S/c1-18-15-27-26(32-18)20-9-6-8-19(14-20)16-28-21(17-29)10-4-5-11-22(28)25-23(30-2)12-7-13-24(25)31-3/h6-9,12-15,17,21-22H,4-5,10-11,16H2,1-3H3. The fourth-order valence-corrected chi connectivity index (χ4v) is 5.41. The van der Waals surface area contributed by atoms with Crippen molar-refractivity contribution in [3.63, 3.8) is 0 Å². The molecule has 1 saturated heterocycles. The van der Waals surface area contributed by atoms with Gasteiger partial charge in [-0.05, 0) is 43.5 Å². The first-order valence-corrected chi connectivity index (χ1v) is 11.9. The van der Waals surface area contributed by atoms with Crippen LogP contribution in [0.4, 0.5) is 0 Å². The first-order valence-electron chi connectivity index (χ1n) is 11.1. The molecule has 1 aliphatic heterocycles. The fourth-order valence-electron chi connectivity index (χ4n) is 4.65. The van der Waals surface area contributed by atoms with Crippen LogP contribution in [-0.4, -0.2) is 36.4 Å². The van der Waals surface area contributed by atoms with Crippen molar-refractivity contribution in [2.75, 3.05) is 14.2 Å². The number of thiazole rings is 1. The van der Waals surface area contributed by atoms with Crippen molar-refractivity contribution in [1.82, 2.24) is 9.88 Å². The molecule has 0 amide bonds. The molecule has 0 radical (unpaired) electrons. The molecule has 1 fully saturated rings. The highest BCUT2D eigenvalue weighted by Crippen LogP contribution is 2.43. The summed E-state index contributed by atoms with van der Waals surface area (Å²) >= 11 is 1.70.